The van der Waals surface area contributed by atoms with E-state index < -0.39 is 0 Å². The van der Waals surface area contributed by atoms with E-state index in [1.807, 2.05) is 12.2 Å². The van der Waals surface area contributed by atoms with Gasteiger partial charge in [0, 0.05) is 24.0 Å². The van der Waals surface area contributed by atoms with E-state index in [1.165, 1.54) is 0 Å². The van der Waals surface area contributed by atoms with E-state index in [1.54, 1.807) is 0 Å². The zero-order chi connectivity index (χ0) is 40.5. The SMILES string of the molecule is CC[N+](CC)(CC)CCCOc1ccc(C2=C3C=CC(=N3)C=C3C=CC(=N3)C(c3ccc(OCCC[N+](CC)(CC)CC)cc3)=C3C=CC(=N3)C=C3C=CC2=N3)cc1.[Cl-].[Cl-]. The molecule has 0 atom stereocenters. The van der Waals surface area contributed by atoms with Crippen molar-refractivity contribution in [3.8, 4) is 11.5 Å². The molecular formula is C50H60Cl2N6O2. The Kier molecular flexibility index (Phi) is 16.2. The second-order valence-corrected chi connectivity index (χ2v) is 15.5. The van der Waals surface area contributed by atoms with Crippen LogP contribution in [0.4, 0.5) is 0 Å². The summed E-state index contributed by atoms with van der Waals surface area (Å²) in [7, 11) is 0. The Labute approximate surface area is 370 Å². The van der Waals surface area contributed by atoms with Crippen LogP contribution >= 0.6 is 0 Å². The first kappa shape index (κ1) is 46.2. The van der Waals surface area contributed by atoms with Crippen LogP contribution in [0, 0.1) is 0 Å². The fourth-order valence-corrected chi connectivity index (χ4v) is 8.45. The number of halogens is 2. The van der Waals surface area contributed by atoms with Gasteiger partial charge in [0.25, 0.3) is 0 Å². The molecule has 2 aromatic carbocycles. The van der Waals surface area contributed by atoms with E-state index in [-0.39, 0.29) is 24.8 Å². The number of aliphatic imine (C=N–C) groups is 4. The highest BCUT2D eigenvalue weighted by atomic mass is 35.5. The Balaban J connectivity index is 0.00000341. The van der Waals surface area contributed by atoms with Gasteiger partial charge in [-0.05, 0) is 138 Å². The summed E-state index contributed by atoms with van der Waals surface area (Å²) in [6.45, 7) is 24.3. The predicted molar refractivity (Wildman–Crippen MR) is 243 cm³/mol. The maximum Gasteiger partial charge on any atom is 0.119 e. The number of rotatable bonds is 18. The lowest BCUT2D eigenvalue weighted by atomic mass is 9.98. The summed E-state index contributed by atoms with van der Waals surface area (Å²) in [5.41, 5.74) is 10.8. The topological polar surface area (TPSA) is 67.9 Å². The minimum atomic E-state index is 0. The number of benzene rings is 2. The van der Waals surface area contributed by atoms with Crippen LogP contribution in [0.15, 0.2) is 152 Å². The molecule has 0 radical (unpaired) electrons. The van der Waals surface area contributed by atoms with E-state index in [0.717, 1.165) is 154 Å². The van der Waals surface area contributed by atoms with Crippen LogP contribution in [0.2, 0.25) is 0 Å². The number of quaternary nitrogens is 2. The molecule has 316 valence electrons. The van der Waals surface area contributed by atoms with Gasteiger partial charge < -0.3 is 43.3 Å². The molecule has 5 aliphatic heterocycles. The van der Waals surface area contributed by atoms with Crippen molar-refractivity contribution in [1.29, 1.82) is 0 Å². The van der Waals surface area contributed by atoms with Crippen LogP contribution in [0.3, 0.4) is 0 Å². The van der Waals surface area contributed by atoms with Crippen LogP contribution in [0.5, 0.6) is 11.5 Å². The number of fused-ring (bicyclic) bond motifs is 4. The van der Waals surface area contributed by atoms with Crippen LogP contribution in [0.25, 0.3) is 11.1 Å². The van der Waals surface area contributed by atoms with Gasteiger partial charge in [-0.3, -0.25) is 0 Å². The maximum absolute atomic E-state index is 6.22. The van der Waals surface area contributed by atoms with Crippen molar-refractivity contribution in [1.82, 2.24) is 0 Å². The summed E-state index contributed by atoms with van der Waals surface area (Å²) >= 11 is 0. The van der Waals surface area contributed by atoms with E-state index in [2.05, 4.69) is 139 Å². The molecule has 0 aliphatic carbocycles. The Morgan fingerprint density at radius 1 is 0.433 bits per heavy atom. The predicted octanol–water partition coefficient (Wildman–Crippen LogP) is 3.93. The average Bonchev–Trinajstić information content (AvgIpc) is 4.10. The van der Waals surface area contributed by atoms with Crippen molar-refractivity contribution in [2.75, 3.05) is 65.6 Å². The monoisotopic (exact) mass is 846 g/mol. The summed E-state index contributed by atoms with van der Waals surface area (Å²) < 4.78 is 14.7. The molecule has 0 N–H and O–H groups in total. The van der Waals surface area contributed by atoms with Gasteiger partial charge in [-0.25, -0.2) is 20.0 Å². The summed E-state index contributed by atoms with van der Waals surface area (Å²) in [6, 6.07) is 16.7. The molecule has 0 spiro atoms. The molecule has 0 amide bonds. The van der Waals surface area contributed by atoms with Crippen molar-refractivity contribution in [2.45, 2.75) is 54.4 Å². The van der Waals surface area contributed by atoms with Gasteiger partial charge in [0.05, 0.1) is 111 Å². The van der Waals surface area contributed by atoms with Gasteiger partial charge in [-0.2, -0.15) is 0 Å². The van der Waals surface area contributed by atoms with Crippen molar-refractivity contribution < 1.29 is 43.3 Å². The quantitative estimate of drug-likeness (QED) is 0.169. The van der Waals surface area contributed by atoms with Crippen LogP contribution in [-0.4, -0.2) is 97.4 Å². The normalized spacial score (nSPS) is 16.6. The average molecular weight is 848 g/mol. The van der Waals surface area contributed by atoms with Crippen LogP contribution < -0.4 is 34.3 Å². The first-order valence-electron chi connectivity index (χ1n) is 21.5. The third-order valence-corrected chi connectivity index (χ3v) is 12.7. The number of nitrogens with zero attached hydrogens (tertiary/aromatic N) is 6. The van der Waals surface area contributed by atoms with E-state index in [4.69, 9.17) is 29.4 Å². The van der Waals surface area contributed by atoms with Crippen molar-refractivity contribution >= 4 is 34.0 Å². The zero-order valence-electron chi connectivity index (χ0n) is 36.1. The minimum absolute atomic E-state index is 0. The fourth-order valence-electron chi connectivity index (χ4n) is 8.45. The lowest BCUT2D eigenvalue weighted by molar-refractivity contribution is -0.923. The molecule has 0 unspecified atom stereocenters. The summed E-state index contributed by atoms with van der Waals surface area (Å²) in [5, 5.41) is 0. The van der Waals surface area contributed by atoms with Crippen LogP contribution in [-0.2, 0) is 0 Å². The van der Waals surface area contributed by atoms with Gasteiger partial charge in [-0.1, -0.05) is 24.3 Å². The first-order chi connectivity index (χ1) is 28.3. The van der Waals surface area contributed by atoms with Crippen molar-refractivity contribution in [2.24, 2.45) is 20.0 Å². The van der Waals surface area contributed by atoms with Crippen LogP contribution in [0.1, 0.15) is 65.5 Å². The molecule has 5 heterocycles. The Hall–Kier alpha value is -4.86. The standard InChI is InChI=1S/C50H60N6O2.2ClH/c1-7-55(8-2,9-3)31-13-33-57-43-23-15-37(16-24-43)49-45-27-19-39(51-45)35-41-21-29-47(53-41)50(48-30-22-42(54-48)36-40-20-28-46(49)52-40)38-17-25-44(26-18-38)58-34-14-32-56(10-4,11-5)12-6;;/h15-30,35-36H,7-14,31-34H2,1-6H3;2*1H/q+2;;/p-2. The number of hydrogen-bond donors (Lipinski definition) is 0. The third kappa shape index (κ3) is 10.5. The van der Waals surface area contributed by atoms with Gasteiger partial charge in [0.15, 0.2) is 0 Å². The fraction of sp³-hybridized carbons (Fsp3) is 0.360. The maximum atomic E-state index is 6.22. The highest BCUT2D eigenvalue weighted by Crippen LogP contribution is 2.33. The highest BCUT2D eigenvalue weighted by molar-refractivity contribution is 6.34. The third-order valence-electron chi connectivity index (χ3n) is 12.7. The smallest absolute Gasteiger partial charge is 0.119 e. The molecule has 0 aromatic heterocycles. The molecule has 0 fully saturated rings. The molecule has 5 aliphatic rings. The molecular weight excluding hydrogens is 787 g/mol. The molecule has 2 aromatic rings. The molecule has 8 nitrogen and oxygen atoms in total. The molecule has 0 saturated heterocycles. The van der Waals surface area contributed by atoms with Gasteiger partial charge in [-0.15, -0.1) is 0 Å². The number of allylic oxidation sites excluding steroid dienone is 12. The zero-order valence-corrected chi connectivity index (χ0v) is 37.6. The highest BCUT2D eigenvalue weighted by Gasteiger charge is 2.24. The number of ether oxygens (including phenoxy) is 2. The molecule has 10 heteroatoms. The minimum Gasteiger partial charge on any atom is -1.00 e. The molecule has 0 saturated carbocycles. The Morgan fingerprint density at radius 3 is 1.15 bits per heavy atom. The van der Waals surface area contributed by atoms with E-state index in [9.17, 15) is 0 Å². The van der Waals surface area contributed by atoms with E-state index in [0.29, 0.717) is 13.2 Å². The molecule has 7 rings (SSSR count). The summed E-state index contributed by atoms with van der Waals surface area (Å²) in [5.74, 6) is 1.75. The molecule has 60 heavy (non-hydrogen) atoms. The lowest BCUT2D eigenvalue weighted by Gasteiger charge is -2.35. The number of hydrogen-bond acceptors (Lipinski definition) is 6. The second-order valence-electron chi connectivity index (χ2n) is 15.5. The summed E-state index contributed by atoms with van der Waals surface area (Å²) in [4.78, 5) is 20.4. The largest absolute Gasteiger partial charge is 1.00 e. The summed E-state index contributed by atoms with van der Waals surface area (Å²) in [6.07, 6.45) is 22.6. The lowest BCUT2D eigenvalue weighted by Crippen LogP contribution is -3.00. The Morgan fingerprint density at radius 2 is 0.800 bits per heavy atom. The Bertz CT molecular complexity index is 2060. The van der Waals surface area contributed by atoms with Gasteiger partial charge >= 0.3 is 0 Å². The van der Waals surface area contributed by atoms with Crippen molar-refractivity contribution in [3.63, 3.8) is 0 Å². The van der Waals surface area contributed by atoms with Gasteiger partial charge in [0.2, 0.25) is 0 Å². The van der Waals surface area contributed by atoms with Gasteiger partial charge in [0.1, 0.15) is 11.5 Å². The first-order valence-corrected chi connectivity index (χ1v) is 21.5. The van der Waals surface area contributed by atoms with Crippen molar-refractivity contribution in [3.05, 3.63) is 143 Å². The van der Waals surface area contributed by atoms with E-state index >= 15 is 0 Å². The second kappa shape index (κ2) is 21.1. The molecule has 8 bridgehead atoms.